The van der Waals surface area contributed by atoms with Crippen molar-refractivity contribution in [1.82, 2.24) is 24.1 Å². The normalized spacial score (nSPS) is 15.4. The lowest BCUT2D eigenvalue weighted by molar-refractivity contribution is -0.137. The van der Waals surface area contributed by atoms with Crippen molar-refractivity contribution in [2.45, 2.75) is 31.7 Å². The minimum atomic E-state index is -4.53. The third kappa shape index (κ3) is 5.68. The summed E-state index contributed by atoms with van der Waals surface area (Å²) in [5, 5.41) is 2.46. The van der Waals surface area contributed by atoms with Crippen molar-refractivity contribution in [2.24, 2.45) is 0 Å². The molecule has 0 saturated carbocycles. The second-order valence-electron chi connectivity index (χ2n) is 9.67. The maximum atomic E-state index is 15.1. The molecular formula is C29H22F4N6O4. The number of pyridine rings is 1. The molecule has 43 heavy (non-hydrogen) atoms. The van der Waals surface area contributed by atoms with Crippen LogP contribution in [0.5, 0.6) is 11.6 Å². The first-order valence-corrected chi connectivity index (χ1v) is 13.2. The molecule has 5 aromatic rings. The summed E-state index contributed by atoms with van der Waals surface area (Å²) in [5.41, 5.74) is -0.982. The molecule has 1 fully saturated rings. The minimum absolute atomic E-state index is 0.0309. The minimum Gasteiger partial charge on any atom is -0.434 e. The number of fused-ring (bicyclic) bond motifs is 1. The third-order valence-corrected chi connectivity index (χ3v) is 6.85. The number of carbonyl (C=O) groups excluding carboxylic acids is 1. The molecule has 0 radical (unpaired) electrons. The van der Waals surface area contributed by atoms with Crippen molar-refractivity contribution < 1.29 is 31.8 Å². The van der Waals surface area contributed by atoms with Crippen molar-refractivity contribution in [1.29, 1.82) is 0 Å². The largest absolute Gasteiger partial charge is 0.434 e. The Hall–Kier alpha value is -5.11. The van der Waals surface area contributed by atoms with Gasteiger partial charge in [0.05, 0.1) is 11.9 Å². The second-order valence-corrected chi connectivity index (χ2v) is 9.67. The van der Waals surface area contributed by atoms with Gasteiger partial charge in [-0.15, -0.1) is 0 Å². The number of nitrogens with zero attached hydrogens (tertiary/aromatic N) is 5. The first kappa shape index (κ1) is 28.0. The summed E-state index contributed by atoms with van der Waals surface area (Å²) in [6, 6.07) is 10.2. The summed E-state index contributed by atoms with van der Waals surface area (Å²) in [6.45, 7) is 0.631. The summed E-state index contributed by atoms with van der Waals surface area (Å²) >= 11 is 0. The molecule has 10 nitrogen and oxygen atoms in total. The van der Waals surface area contributed by atoms with Gasteiger partial charge in [0, 0.05) is 30.2 Å². The number of benzene rings is 2. The van der Waals surface area contributed by atoms with E-state index in [0.717, 1.165) is 54.2 Å². The monoisotopic (exact) mass is 594 g/mol. The number of imidazole rings is 1. The van der Waals surface area contributed by atoms with Crippen LogP contribution in [0.3, 0.4) is 0 Å². The maximum Gasteiger partial charge on any atom is 0.416 e. The first-order chi connectivity index (χ1) is 20.7. The van der Waals surface area contributed by atoms with Gasteiger partial charge >= 0.3 is 6.18 Å². The number of rotatable bonds is 6. The van der Waals surface area contributed by atoms with Crippen molar-refractivity contribution in [2.75, 3.05) is 11.9 Å². The van der Waals surface area contributed by atoms with Crippen molar-refractivity contribution in [3.63, 3.8) is 0 Å². The fraction of sp³-hybridized carbons (Fsp3) is 0.207. The molecule has 6 rings (SSSR count). The average Bonchev–Trinajstić information content (AvgIpc) is 3.44. The maximum absolute atomic E-state index is 15.1. The Bertz CT molecular complexity index is 1860. The number of hydrogen-bond acceptors (Lipinski definition) is 7. The number of ether oxygens (including phenoxy) is 2. The number of halogens is 4. The van der Waals surface area contributed by atoms with Crippen molar-refractivity contribution >= 4 is 22.8 Å². The summed E-state index contributed by atoms with van der Waals surface area (Å²) in [7, 11) is 0. The predicted octanol–water partition coefficient (Wildman–Crippen LogP) is 5.88. The lowest BCUT2D eigenvalue weighted by Crippen LogP contribution is -2.27. The van der Waals surface area contributed by atoms with Gasteiger partial charge in [-0.1, -0.05) is 0 Å². The molecular weight excluding hydrogens is 572 g/mol. The fourth-order valence-electron chi connectivity index (χ4n) is 4.70. The average molecular weight is 595 g/mol. The number of aromatic nitrogens is 5. The van der Waals surface area contributed by atoms with E-state index in [9.17, 15) is 22.8 Å². The Labute approximate surface area is 240 Å². The quantitative estimate of drug-likeness (QED) is 0.244. The predicted molar refractivity (Wildman–Crippen MR) is 146 cm³/mol. The van der Waals surface area contributed by atoms with Gasteiger partial charge in [-0.05, 0) is 67.8 Å². The van der Waals surface area contributed by atoms with E-state index in [1.807, 2.05) is 0 Å². The van der Waals surface area contributed by atoms with E-state index in [2.05, 4.69) is 20.3 Å². The molecule has 0 bridgehead atoms. The van der Waals surface area contributed by atoms with E-state index in [1.54, 1.807) is 10.9 Å². The zero-order valence-electron chi connectivity index (χ0n) is 22.2. The molecule has 1 N–H and O–H groups in total. The number of carbonyl (C=O) groups is 1. The van der Waals surface area contributed by atoms with Crippen LogP contribution in [0.25, 0.3) is 16.9 Å². The van der Waals surface area contributed by atoms with Gasteiger partial charge in [0.1, 0.15) is 18.1 Å². The summed E-state index contributed by atoms with van der Waals surface area (Å²) in [6.07, 6.45) is 2.22. The molecule has 4 heterocycles. The number of alkyl halides is 3. The molecule has 1 aliphatic heterocycles. The van der Waals surface area contributed by atoms with Crippen LogP contribution >= 0.6 is 0 Å². The van der Waals surface area contributed by atoms with Crippen molar-refractivity contribution in [3.05, 3.63) is 101 Å². The molecule has 1 aliphatic rings. The molecule has 3 aromatic heterocycles. The Kier molecular flexibility index (Phi) is 7.36. The van der Waals surface area contributed by atoms with Gasteiger partial charge < -0.3 is 14.8 Å². The molecule has 1 amide bonds. The van der Waals surface area contributed by atoms with Crippen LogP contribution in [-0.2, 0) is 10.9 Å². The Morgan fingerprint density at radius 1 is 1.05 bits per heavy atom. The molecule has 0 spiro atoms. The molecule has 0 aliphatic carbocycles. The molecule has 1 unspecified atom stereocenters. The summed E-state index contributed by atoms with van der Waals surface area (Å²) < 4.78 is 68.1. The summed E-state index contributed by atoms with van der Waals surface area (Å²) in [4.78, 5) is 38.6. The molecule has 1 saturated heterocycles. The lowest BCUT2D eigenvalue weighted by atomic mass is 10.2. The van der Waals surface area contributed by atoms with E-state index in [4.69, 9.17) is 9.47 Å². The van der Waals surface area contributed by atoms with Gasteiger partial charge in [0.25, 0.3) is 17.3 Å². The Balaban J connectivity index is 1.19. The zero-order valence-corrected chi connectivity index (χ0v) is 22.2. The lowest BCUT2D eigenvalue weighted by Gasteiger charge is -2.23. The van der Waals surface area contributed by atoms with Crippen molar-refractivity contribution in [3.8, 4) is 17.3 Å². The zero-order chi connectivity index (χ0) is 30.1. The van der Waals surface area contributed by atoms with E-state index in [-0.39, 0.29) is 34.8 Å². The molecule has 1 atom stereocenters. The third-order valence-electron chi connectivity index (χ3n) is 6.85. The smallest absolute Gasteiger partial charge is 0.416 e. The molecule has 220 valence electrons. The number of hydrogen-bond donors (Lipinski definition) is 1. The molecule has 2 aromatic carbocycles. The van der Waals surface area contributed by atoms with Crippen LogP contribution in [0, 0.1) is 5.82 Å². The van der Waals surface area contributed by atoms with Gasteiger partial charge in [-0.3, -0.25) is 18.7 Å². The topological polar surface area (TPSA) is 113 Å². The Morgan fingerprint density at radius 3 is 2.58 bits per heavy atom. The first-order valence-electron chi connectivity index (χ1n) is 13.2. The van der Waals surface area contributed by atoms with Crippen LogP contribution in [0.15, 0.2) is 78.2 Å². The fourth-order valence-corrected chi connectivity index (χ4v) is 4.70. The highest BCUT2D eigenvalue weighted by atomic mass is 19.4. The summed E-state index contributed by atoms with van der Waals surface area (Å²) in [5.74, 6) is -1.82. The van der Waals surface area contributed by atoms with Crippen LogP contribution in [-0.4, -0.2) is 36.6 Å². The number of amides is 1. The highest BCUT2D eigenvalue weighted by molar-refractivity contribution is 6.04. The van der Waals surface area contributed by atoms with Crippen LogP contribution < -0.4 is 15.6 Å². The van der Waals surface area contributed by atoms with E-state index in [0.29, 0.717) is 17.8 Å². The van der Waals surface area contributed by atoms with E-state index < -0.39 is 29.0 Å². The highest BCUT2D eigenvalue weighted by Gasteiger charge is 2.30. The Morgan fingerprint density at radius 2 is 1.86 bits per heavy atom. The number of nitrogens with one attached hydrogen (secondary N) is 1. The van der Waals surface area contributed by atoms with Gasteiger partial charge in [-0.2, -0.15) is 18.2 Å². The second kappa shape index (κ2) is 11.3. The SMILES string of the molecule is O=C(Nc1ccc(Oc2ncnc3c2ncn3C2CCCCO2)c(F)c1)c1cccn(-c2ccc(C(F)(F)F)cc2)c1=O. The molecule has 14 heteroatoms. The van der Waals surface area contributed by atoms with Crippen LogP contribution in [0.1, 0.15) is 41.4 Å². The van der Waals surface area contributed by atoms with Crippen LogP contribution in [0.4, 0.5) is 23.2 Å². The standard InChI is InChI=1S/C29H22F4N6O4/c30-21-14-18(37-26(40)20-4-3-12-38(28(20)41)19-9-6-17(7-10-19)29(31,32)33)8-11-22(21)43-27-24-25(34-15-35-27)39(16-36-24)23-5-1-2-13-42-23/h3-4,6-12,14-16,23H,1-2,5,13H2,(H,37,40). The van der Waals surface area contributed by atoms with E-state index in [1.165, 1.54) is 36.8 Å². The van der Waals surface area contributed by atoms with Gasteiger partial charge in [0.15, 0.2) is 22.7 Å². The highest BCUT2D eigenvalue weighted by Crippen LogP contribution is 2.32. The number of anilines is 1. The van der Waals surface area contributed by atoms with Gasteiger partial charge in [0.2, 0.25) is 0 Å². The van der Waals surface area contributed by atoms with Gasteiger partial charge in [-0.25, -0.2) is 14.4 Å². The van der Waals surface area contributed by atoms with Crippen LogP contribution in [0.2, 0.25) is 0 Å². The van der Waals surface area contributed by atoms with E-state index >= 15 is 4.39 Å².